The predicted molar refractivity (Wildman–Crippen MR) is 93.6 cm³/mol. The number of rotatable bonds is 7. The number of alkyl halides is 2. The molecule has 144 valence electrons. The SMILES string of the molecule is COCC1CC(F)(F)CN1C1CN(C(=O)CCc2ccccc2OC)C1. The van der Waals surface area contributed by atoms with E-state index in [9.17, 15) is 13.6 Å². The number of carbonyl (C=O) groups excluding carboxylic acids is 1. The van der Waals surface area contributed by atoms with Crippen LogP contribution in [0.15, 0.2) is 24.3 Å². The summed E-state index contributed by atoms with van der Waals surface area (Å²) in [6.07, 6.45) is 0.835. The number of hydrogen-bond donors (Lipinski definition) is 0. The van der Waals surface area contributed by atoms with Crippen LogP contribution < -0.4 is 4.74 Å². The largest absolute Gasteiger partial charge is 0.496 e. The molecule has 0 aromatic heterocycles. The van der Waals surface area contributed by atoms with Crippen LogP contribution in [0, 0.1) is 0 Å². The van der Waals surface area contributed by atoms with Gasteiger partial charge in [0.05, 0.1) is 20.3 Å². The third-order valence-corrected chi connectivity index (χ3v) is 5.26. The molecule has 1 atom stereocenters. The molecule has 0 N–H and O–H groups in total. The van der Waals surface area contributed by atoms with Gasteiger partial charge >= 0.3 is 0 Å². The third-order valence-electron chi connectivity index (χ3n) is 5.26. The average Bonchev–Trinajstić information content (AvgIpc) is 2.86. The van der Waals surface area contributed by atoms with Crippen molar-refractivity contribution in [2.75, 3.05) is 40.5 Å². The molecule has 26 heavy (non-hydrogen) atoms. The van der Waals surface area contributed by atoms with Crippen molar-refractivity contribution in [3.05, 3.63) is 29.8 Å². The molecule has 1 amide bonds. The number of methoxy groups -OCH3 is 2. The minimum Gasteiger partial charge on any atom is -0.496 e. The fraction of sp³-hybridized carbons (Fsp3) is 0.632. The van der Waals surface area contributed by atoms with Gasteiger partial charge in [0.1, 0.15) is 5.75 Å². The smallest absolute Gasteiger partial charge is 0.262 e. The van der Waals surface area contributed by atoms with E-state index in [2.05, 4.69) is 0 Å². The molecule has 2 saturated heterocycles. The van der Waals surface area contributed by atoms with Crippen molar-refractivity contribution in [1.29, 1.82) is 0 Å². The highest BCUT2D eigenvalue weighted by atomic mass is 19.3. The zero-order valence-corrected chi connectivity index (χ0v) is 15.3. The van der Waals surface area contributed by atoms with Gasteiger partial charge in [0.2, 0.25) is 5.91 Å². The summed E-state index contributed by atoms with van der Waals surface area (Å²) in [5.41, 5.74) is 1.000. The second-order valence-corrected chi connectivity index (χ2v) is 7.11. The highest BCUT2D eigenvalue weighted by Gasteiger charge is 2.50. The van der Waals surface area contributed by atoms with Crippen LogP contribution in [-0.4, -0.2) is 74.2 Å². The van der Waals surface area contributed by atoms with Crippen molar-refractivity contribution in [1.82, 2.24) is 9.80 Å². The number of amides is 1. The molecule has 1 aromatic carbocycles. The Morgan fingerprint density at radius 1 is 1.27 bits per heavy atom. The maximum Gasteiger partial charge on any atom is 0.262 e. The quantitative estimate of drug-likeness (QED) is 0.740. The molecule has 0 bridgehead atoms. The highest BCUT2D eigenvalue weighted by molar-refractivity contribution is 5.77. The number of ether oxygens (including phenoxy) is 2. The van der Waals surface area contributed by atoms with Crippen LogP contribution in [0.2, 0.25) is 0 Å². The van der Waals surface area contributed by atoms with Gasteiger partial charge in [-0.15, -0.1) is 0 Å². The lowest BCUT2D eigenvalue weighted by Crippen LogP contribution is -2.62. The summed E-state index contributed by atoms with van der Waals surface area (Å²) in [4.78, 5) is 16.0. The Kier molecular flexibility index (Phi) is 5.77. The van der Waals surface area contributed by atoms with Crippen molar-refractivity contribution in [2.24, 2.45) is 0 Å². The van der Waals surface area contributed by atoms with Crippen molar-refractivity contribution < 1.29 is 23.0 Å². The van der Waals surface area contributed by atoms with Crippen LogP contribution in [0.25, 0.3) is 0 Å². The second-order valence-electron chi connectivity index (χ2n) is 7.11. The van der Waals surface area contributed by atoms with Crippen molar-refractivity contribution in [2.45, 2.75) is 37.3 Å². The van der Waals surface area contributed by atoms with E-state index in [4.69, 9.17) is 9.47 Å². The van der Waals surface area contributed by atoms with Crippen LogP contribution in [-0.2, 0) is 16.0 Å². The number of halogens is 2. The summed E-state index contributed by atoms with van der Waals surface area (Å²) >= 11 is 0. The number of aryl methyl sites for hydroxylation is 1. The van der Waals surface area contributed by atoms with Crippen LogP contribution in [0.3, 0.4) is 0 Å². The molecule has 0 aliphatic carbocycles. The summed E-state index contributed by atoms with van der Waals surface area (Å²) < 4.78 is 37.9. The van der Waals surface area contributed by atoms with E-state index in [1.165, 1.54) is 7.11 Å². The first-order valence-electron chi connectivity index (χ1n) is 8.95. The molecule has 2 aliphatic heterocycles. The van der Waals surface area contributed by atoms with Crippen LogP contribution >= 0.6 is 0 Å². The summed E-state index contributed by atoms with van der Waals surface area (Å²) in [6, 6.07) is 7.37. The number of likely N-dealkylation sites (tertiary alicyclic amines) is 2. The molecule has 7 heteroatoms. The maximum atomic E-state index is 13.7. The first-order chi connectivity index (χ1) is 12.4. The Hall–Kier alpha value is -1.73. The van der Waals surface area contributed by atoms with E-state index in [0.29, 0.717) is 32.5 Å². The van der Waals surface area contributed by atoms with E-state index >= 15 is 0 Å². The van der Waals surface area contributed by atoms with E-state index in [-0.39, 0.29) is 31.0 Å². The summed E-state index contributed by atoms with van der Waals surface area (Å²) in [6.45, 7) is 1.09. The zero-order valence-electron chi connectivity index (χ0n) is 15.3. The van der Waals surface area contributed by atoms with E-state index < -0.39 is 5.92 Å². The Labute approximate surface area is 152 Å². The predicted octanol–water partition coefficient (Wildman–Crippen LogP) is 2.19. The van der Waals surface area contributed by atoms with Crippen LogP contribution in [0.4, 0.5) is 8.78 Å². The Bertz CT molecular complexity index is 635. The molecular weight excluding hydrogens is 342 g/mol. The van der Waals surface area contributed by atoms with Crippen molar-refractivity contribution in [3.8, 4) is 5.75 Å². The zero-order chi connectivity index (χ0) is 18.7. The van der Waals surface area contributed by atoms with E-state index in [0.717, 1.165) is 11.3 Å². The lowest BCUT2D eigenvalue weighted by atomic mass is 10.0. The van der Waals surface area contributed by atoms with Gasteiger partial charge in [0, 0.05) is 45.1 Å². The highest BCUT2D eigenvalue weighted by Crippen LogP contribution is 2.35. The van der Waals surface area contributed by atoms with Crippen LogP contribution in [0.5, 0.6) is 5.75 Å². The minimum absolute atomic E-state index is 0.00117. The lowest BCUT2D eigenvalue weighted by Gasteiger charge is -2.46. The van der Waals surface area contributed by atoms with Gasteiger partial charge in [-0.3, -0.25) is 9.69 Å². The normalized spacial score (nSPS) is 23.1. The molecule has 5 nitrogen and oxygen atoms in total. The fourth-order valence-corrected chi connectivity index (χ4v) is 3.87. The van der Waals surface area contributed by atoms with E-state index in [1.807, 2.05) is 29.2 Å². The van der Waals surface area contributed by atoms with Crippen LogP contribution in [0.1, 0.15) is 18.4 Å². The Morgan fingerprint density at radius 3 is 2.69 bits per heavy atom. The Morgan fingerprint density at radius 2 is 2.00 bits per heavy atom. The summed E-state index contributed by atoms with van der Waals surface area (Å²) in [5, 5.41) is 0. The second kappa shape index (κ2) is 7.88. The third kappa shape index (κ3) is 4.15. The van der Waals surface area contributed by atoms with Crippen molar-refractivity contribution >= 4 is 5.91 Å². The molecule has 3 rings (SSSR count). The number of nitrogens with zero attached hydrogens (tertiary/aromatic N) is 2. The fourth-order valence-electron chi connectivity index (χ4n) is 3.87. The summed E-state index contributed by atoms with van der Waals surface area (Å²) in [7, 11) is 3.14. The Balaban J connectivity index is 1.49. The summed E-state index contributed by atoms with van der Waals surface area (Å²) in [5.74, 6) is -1.83. The van der Waals surface area contributed by atoms with Gasteiger partial charge in [0.25, 0.3) is 5.92 Å². The number of hydrogen-bond acceptors (Lipinski definition) is 4. The first kappa shape index (κ1) is 19.0. The first-order valence-corrected chi connectivity index (χ1v) is 8.95. The molecular formula is C19H26F2N2O3. The lowest BCUT2D eigenvalue weighted by molar-refractivity contribution is -0.139. The standard InChI is InChI=1S/C19H26F2N2O3/c1-25-12-15-9-19(20,21)13-23(15)16-10-22(11-16)18(24)8-7-14-5-3-4-6-17(14)26-2/h3-6,15-16H,7-13H2,1-2H3. The van der Waals surface area contributed by atoms with E-state index in [1.54, 1.807) is 12.0 Å². The van der Waals surface area contributed by atoms with Gasteiger partial charge in [0.15, 0.2) is 0 Å². The number of carbonyl (C=O) groups is 1. The molecule has 2 aliphatic rings. The van der Waals surface area contributed by atoms with Gasteiger partial charge < -0.3 is 14.4 Å². The molecule has 1 unspecified atom stereocenters. The number of para-hydroxylation sites is 1. The van der Waals surface area contributed by atoms with Gasteiger partial charge in [-0.2, -0.15) is 0 Å². The molecule has 1 aromatic rings. The molecule has 2 heterocycles. The topological polar surface area (TPSA) is 42.0 Å². The molecule has 0 saturated carbocycles. The average molecular weight is 368 g/mol. The maximum absolute atomic E-state index is 13.7. The van der Waals surface area contributed by atoms with Gasteiger partial charge in [-0.05, 0) is 18.1 Å². The monoisotopic (exact) mass is 368 g/mol. The molecule has 0 radical (unpaired) electrons. The molecule has 2 fully saturated rings. The number of benzene rings is 1. The van der Waals surface area contributed by atoms with Gasteiger partial charge in [-0.1, -0.05) is 18.2 Å². The minimum atomic E-state index is -2.67. The van der Waals surface area contributed by atoms with Crippen molar-refractivity contribution in [3.63, 3.8) is 0 Å². The molecule has 0 spiro atoms. The van der Waals surface area contributed by atoms with Gasteiger partial charge in [-0.25, -0.2) is 8.78 Å².